The minimum atomic E-state index is -3.58. The van der Waals surface area contributed by atoms with Gasteiger partial charge in [-0.05, 0) is 46.8 Å². The van der Waals surface area contributed by atoms with E-state index in [0.717, 1.165) is 5.56 Å². The molecule has 1 amide bonds. The first-order chi connectivity index (χ1) is 10.4. The van der Waals surface area contributed by atoms with Gasteiger partial charge in [0.05, 0.1) is 4.90 Å². The molecule has 7 heteroatoms. The number of aryl methyl sites for hydroxylation is 1. The molecule has 6 nitrogen and oxygen atoms in total. The zero-order chi connectivity index (χ0) is 17.8. The van der Waals surface area contributed by atoms with Crippen molar-refractivity contribution in [3.05, 3.63) is 29.8 Å². The fraction of sp³-hybridized carbons (Fsp3) is 0.562. The summed E-state index contributed by atoms with van der Waals surface area (Å²) in [5.41, 5.74) is 0.399. The number of hydrogen-bond acceptors (Lipinski definition) is 4. The third-order valence-corrected chi connectivity index (χ3v) is 4.86. The molecule has 1 atom stereocenters. The van der Waals surface area contributed by atoms with E-state index < -0.39 is 21.7 Å². The SMILES string of the molecule is Cc1ccc(S(=O)(=O)N(C)C[C@H](C)NC(=O)OC(C)(C)C)cc1. The normalized spacial score (nSPS) is 13.7. The number of nitrogens with one attached hydrogen (secondary N) is 1. The molecule has 0 heterocycles. The lowest BCUT2D eigenvalue weighted by molar-refractivity contribution is 0.0504. The van der Waals surface area contributed by atoms with Gasteiger partial charge in [0.1, 0.15) is 5.60 Å². The third kappa shape index (κ3) is 6.19. The second-order valence-corrected chi connectivity index (χ2v) is 8.69. The number of benzene rings is 1. The number of likely N-dealkylation sites (N-methyl/N-ethyl adjacent to an activating group) is 1. The van der Waals surface area contributed by atoms with Crippen LogP contribution in [0.15, 0.2) is 29.2 Å². The molecule has 0 unspecified atom stereocenters. The van der Waals surface area contributed by atoms with Crippen molar-refractivity contribution in [2.45, 2.75) is 51.2 Å². The number of amides is 1. The fourth-order valence-corrected chi connectivity index (χ4v) is 3.19. The van der Waals surface area contributed by atoms with Gasteiger partial charge < -0.3 is 10.1 Å². The van der Waals surface area contributed by atoms with Gasteiger partial charge in [-0.25, -0.2) is 13.2 Å². The molecule has 1 aromatic rings. The van der Waals surface area contributed by atoms with E-state index in [2.05, 4.69) is 5.32 Å². The van der Waals surface area contributed by atoms with Crippen LogP contribution < -0.4 is 5.32 Å². The highest BCUT2D eigenvalue weighted by atomic mass is 32.2. The summed E-state index contributed by atoms with van der Waals surface area (Å²) >= 11 is 0. The molecule has 130 valence electrons. The van der Waals surface area contributed by atoms with Gasteiger partial charge in [-0.3, -0.25) is 0 Å². The maximum absolute atomic E-state index is 12.5. The number of alkyl carbamates (subject to hydrolysis) is 1. The Hall–Kier alpha value is -1.60. The third-order valence-electron chi connectivity index (χ3n) is 3.02. The van der Waals surface area contributed by atoms with Crippen molar-refractivity contribution in [2.75, 3.05) is 13.6 Å². The smallest absolute Gasteiger partial charge is 0.407 e. The molecule has 0 saturated carbocycles. The van der Waals surface area contributed by atoms with Crippen LogP contribution in [-0.2, 0) is 14.8 Å². The Morgan fingerprint density at radius 3 is 2.26 bits per heavy atom. The number of carbonyl (C=O) groups excluding carboxylic acids is 1. The average molecular weight is 342 g/mol. The number of sulfonamides is 1. The minimum Gasteiger partial charge on any atom is -0.444 e. The van der Waals surface area contributed by atoms with E-state index in [0.29, 0.717) is 0 Å². The quantitative estimate of drug-likeness (QED) is 0.892. The van der Waals surface area contributed by atoms with Crippen LogP contribution in [0.2, 0.25) is 0 Å². The van der Waals surface area contributed by atoms with Gasteiger partial charge in [-0.2, -0.15) is 4.31 Å². The van der Waals surface area contributed by atoms with Gasteiger partial charge >= 0.3 is 6.09 Å². The Labute approximate surface area is 138 Å². The highest BCUT2D eigenvalue weighted by molar-refractivity contribution is 7.89. The van der Waals surface area contributed by atoms with Crippen LogP contribution in [0.1, 0.15) is 33.3 Å². The summed E-state index contributed by atoms with van der Waals surface area (Å²) in [7, 11) is -2.09. The van der Waals surface area contributed by atoms with Crippen LogP contribution in [0.4, 0.5) is 4.79 Å². The summed E-state index contributed by atoms with van der Waals surface area (Å²) in [6.45, 7) is 9.08. The molecule has 1 N–H and O–H groups in total. The van der Waals surface area contributed by atoms with Crippen LogP contribution in [0.25, 0.3) is 0 Å². The minimum absolute atomic E-state index is 0.148. The largest absolute Gasteiger partial charge is 0.444 e. The maximum Gasteiger partial charge on any atom is 0.407 e. The maximum atomic E-state index is 12.5. The van der Waals surface area contributed by atoms with Crippen molar-refractivity contribution in [3.8, 4) is 0 Å². The topological polar surface area (TPSA) is 75.7 Å². The van der Waals surface area contributed by atoms with E-state index >= 15 is 0 Å². The molecule has 0 fully saturated rings. The summed E-state index contributed by atoms with van der Waals surface area (Å²) in [4.78, 5) is 11.9. The van der Waals surface area contributed by atoms with Crippen LogP contribution in [0.5, 0.6) is 0 Å². The molecule has 0 aromatic heterocycles. The molecule has 23 heavy (non-hydrogen) atoms. The van der Waals surface area contributed by atoms with Gasteiger partial charge in [0.2, 0.25) is 10.0 Å². The average Bonchev–Trinajstić information content (AvgIpc) is 2.36. The highest BCUT2D eigenvalue weighted by Gasteiger charge is 2.24. The monoisotopic (exact) mass is 342 g/mol. The number of hydrogen-bond donors (Lipinski definition) is 1. The van der Waals surface area contributed by atoms with E-state index in [1.807, 2.05) is 6.92 Å². The zero-order valence-corrected chi connectivity index (χ0v) is 15.4. The van der Waals surface area contributed by atoms with Crippen LogP contribution in [0.3, 0.4) is 0 Å². The lowest BCUT2D eigenvalue weighted by Crippen LogP contribution is -2.44. The summed E-state index contributed by atoms with van der Waals surface area (Å²) in [5, 5.41) is 2.63. The number of carbonyl (C=O) groups is 1. The molecule has 0 aliphatic carbocycles. The van der Waals surface area contributed by atoms with Crippen LogP contribution in [0, 0.1) is 6.92 Å². The Kier molecular flexibility index (Phi) is 6.18. The molecule has 1 rings (SSSR count). The van der Waals surface area contributed by atoms with Crippen molar-refractivity contribution < 1.29 is 17.9 Å². The number of nitrogens with zero attached hydrogens (tertiary/aromatic N) is 1. The van der Waals surface area contributed by atoms with Crippen molar-refractivity contribution >= 4 is 16.1 Å². The number of ether oxygens (including phenoxy) is 1. The summed E-state index contributed by atoms with van der Waals surface area (Å²) in [6.07, 6.45) is -0.564. The fourth-order valence-electron chi connectivity index (χ4n) is 1.93. The van der Waals surface area contributed by atoms with Gasteiger partial charge in [0.25, 0.3) is 0 Å². The standard InChI is InChI=1S/C16H26N2O4S/c1-12-7-9-14(10-8-12)23(20,21)18(6)11-13(2)17-15(19)22-16(3,4)5/h7-10,13H,11H2,1-6H3,(H,17,19)/t13-/m0/s1. The molecule has 0 saturated heterocycles. The summed E-state index contributed by atoms with van der Waals surface area (Å²) in [6, 6.07) is 6.28. The summed E-state index contributed by atoms with van der Waals surface area (Å²) in [5.74, 6) is 0. The molecule has 0 radical (unpaired) electrons. The Bertz CT molecular complexity index is 633. The van der Waals surface area contributed by atoms with E-state index in [4.69, 9.17) is 4.74 Å². The van der Waals surface area contributed by atoms with Crippen molar-refractivity contribution in [2.24, 2.45) is 0 Å². The molecule has 0 bridgehead atoms. The Balaban J connectivity index is 2.69. The second kappa shape index (κ2) is 7.31. The zero-order valence-electron chi connectivity index (χ0n) is 14.6. The molecule has 1 aromatic carbocycles. The summed E-state index contributed by atoms with van der Waals surface area (Å²) < 4.78 is 31.3. The molecular weight excluding hydrogens is 316 g/mol. The highest BCUT2D eigenvalue weighted by Crippen LogP contribution is 2.15. The first-order valence-electron chi connectivity index (χ1n) is 7.44. The van der Waals surface area contributed by atoms with Crippen LogP contribution >= 0.6 is 0 Å². The second-order valence-electron chi connectivity index (χ2n) is 6.65. The van der Waals surface area contributed by atoms with E-state index in [9.17, 15) is 13.2 Å². The Morgan fingerprint density at radius 1 is 1.26 bits per heavy atom. The molecule has 0 aliphatic heterocycles. The first kappa shape index (κ1) is 19.4. The van der Waals surface area contributed by atoms with Gasteiger partial charge in [-0.15, -0.1) is 0 Å². The van der Waals surface area contributed by atoms with Gasteiger partial charge in [-0.1, -0.05) is 17.7 Å². The first-order valence-corrected chi connectivity index (χ1v) is 8.88. The molecule has 0 spiro atoms. The number of rotatable bonds is 5. The predicted octanol–water partition coefficient (Wildman–Crippen LogP) is 2.53. The van der Waals surface area contributed by atoms with E-state index in [1.165, 1.54) is 11.4 Å². The Morgan fingerprint density at radius 2 is 1.78 bits per heavy atom. The van der Waals surface area contributed by atoms with Crippen molar-refractivity contribution in [1.29, 1.82) is 0 Å². The van der Waals surface area contributed by atoms with Crippen molar-refractivity contribution in [1.82, 2.24) is 9.62 Å². The van der Waals surface area contributed by atoms with Crippen LogP contribution in [-0.4, -0.2) is 44.1 Å². The predicted molar refractivity (Wildman–Crippen MR) is 89.8 cm³/mol. The van der Waals surface area contributed by atoms with Gasteiger partial charge in [0.15, 0.2) is 0 Å². The lowest BCUT2D eigenvalue weighted by Gasteiger charge is -2.24. The van der Waals surface area contributed by atoms with Gasteiger partial charge in [0, 0.05) is 19.6 Å². The lowest BCUT2D eigenvalue weighted by atomic mass is 10.2. The van der Waals surface area contributed by atoms with Crippen molar-refractivity contribution in [3.63, 3.8) is 0 Å². The van der Waals surface area contributed by atoms with E-state index in [1.54, 1.807) is 52.0 Å². The molecular formula is C16H26N2O4S. The molecule has 0 aliphatic rings. The van der Waals surface area contributed by atoms with E-state index in [-0.39, 0.29) is 17.5 Å².